The molecule has 25 heavy (non-hydrogen) atoms. The number of anilines is 1. The van der Waals surface area contributed by atoms with E-state index in [0.29, 0.717) is 31.4 Å². The van der Waals surface area contributed by atoms with Gasteiger partial charge in [-0.15, -0.1) is 0 Å². The summed E-state index contributed by atoms with van der Waals surface area (Å²) in [7, 11) is 0. The lowest BCUT2D eigenvalue weighted by Gasteiger charge is -2.48. The van der Waals surface area contributed by atoms with Crippen LogP contribution < -0.4 is 4.90 Å². The van der Waals surface area contributed by atoms with Crippen LogP contribution in [0.15, 0.2) is 18.3 Å². The van der Waals surface area contributed by atoms with Crippen LogP contribution in [0.4, 0.5) is 19.0 Å². The smallest absolute Gasteiger partial charge is 0.357 e. The third-order valence-electron chi connectivity index (χ3n) is 5.90. The van der Waals surface area contributed by atoms with E-state index in [2.05, 4.69) is 9.88 Å². The molecular weight excluding hydrogens is 331 g/mol. The Balaban J connectivity index is 1.44. The number of hydrogen-bond acceptors (Lipinski definition) is 3. The van der Waals surface area contributed by atoms with Crippen LogP contribution in [0.5, 0.6) is 0 Å². The van der Waals surface area contributed by atoms with Crippen molar-refractivity contribution in [1.29, 1.82) is 0 Å². The molecule has 3 heterocycles. The van der Waals surface area contributed by atoms with Gasteiger partial charge in [-0.05, 0) is 49.7 Å². The zero-order chi connectivity index (χ0) is 17.7. The fourth-order valence-electron chi connectivity index (χ4n) is 4.15. The van der Waals surface area contributed by atoms with Gasteiger partial charge in [-0.3, -0.25) is 4.79 Å². The minimum absolute atomic E-state index is 0.134. The largest absolute Gasteiger partial charge is 0.416 e. The summed E-state index contributed by atoms with van der Waals surface area (Å²) in [5.41, 5.74) is -0.518. The number of nitrogens with zero attached hydrogens (tertiary/aromatic N) is 3. The number of aromatic nitrogens is 1. The van der Waals surface area contributed by atoms with E-state index in [-0.39, 0.29) is 11.3 Å². The molecule has 0 unspecified atom stereocenters. The molecule has 2 aliphatic heterocycles. The highest BCUT2D eigenvalue weighted by Crippen LogP contribution is 2.44. The second-order valence-electron chi connectivity index (χ2n) is 7.64. The summed E-state index contributed by atoms with van der Waals surface area (Å²) in [5, 5.41) is 0. The minimum atomic E-state index is -4.34. The number of pyridine rings is 1. The standard InChI is InChI=1S/C18H22F3N3O/c19-18(20,21)13-4-8-22-15(11-13)23-9-6-17(7-10-23)5-3-16(25)24(12-17)14-1-2-14/h4,8,11,14H,1-3,5-7,9-10,12H2. The maximum atomic E-state index is 12.9. The van der Waals surface area contributed by atoms with E-state index in [1.165, 1.54) is 6.20 Å². The molecule has 1 aromatic rings. The third-order valence-corrected chi connectivity index (χ3v) is 5.90. The Hall–Kier alpha value is -1.79. The first-order valence-corrected chi connectivity index (χ1v) is 8.94. The second kappa shape index (κ2) is 5.88. The van der Waals surface area contributed by atoms with Crippen LogP contribution in [0.3, 0.4) is 0 Å². The summed E-state index contributed by atoms with van der Waals surface area (Å²) < 4.78 is 38.7. The van der Waals surface area contributed by atoms with Gasteiger partial charge in [0.2, 0.25) is 5.91 Å². The fraction of sp³-hybridized carbons (Fsp3) is 0.667. The number of halogens is 3. The Morgan fingerprint density at radius 1 is 1.16 bits per heavy atom. The zero-order valence-electron chi connectivity index (χ0n) is 14.1. The molecule has 0 atom stereocenters. The molecule has 4 nitrogen and oxygen atoms in total. The Morgan fingerprint density at radius 3 is 2.52 bits per heavy atom. The van der Waals surface area contributed by atoms with E-state index >= 15 is 0 Å². The fourth-order valence-corrected chi connectivity index (χ4v) is 4.15. The van der Waals surface area contributed by atoms with Crippen LogP contribution in [-0.4, -0.2) is 41.5 Å². The number of amides is 1. The molecule has 0 N–H and O–H groups in total. The lowest BCUT2D eigenvalue weighted by atomic mass is 9.72. The van der Waals surface area contributed by atoms with Crippen LogP contribution in [0.2, 0.25) is 0 Å². The highest BCUT2D eigenvalue weighted by Gasteiger charge is 2.45. The first-order chi connectivity index (χ1) is 11.9. The SMILES string of the molecule is O=C1CCC2(CCN(c3cc(C(F)(F)F)ccn3)CC2)CN1C1CC1. The predicted octanol–water partition coefficient (Wildman–Crippen LogP) is 3.47. The summed E-state index contributed by atoms with van der Waals surface area (Å²) in [5.74, 6) is 0.672. The van der Waals surface area contributed by atoms with E-state index in [9.17, 15) is 18.0 Å². The van der Waals surface area contributed by atoms with Gasteiger partial charge >= 0.3 is 6.18 Å². The topological polar surface area (TPSA) is 36.4 Å². The molecule has 1 saturated carbocycles. The van der Waals surface area contributed by atoms with E-state index in [1.807, 2.05) is 4.90 Å². The molecule has 1 spiro atoms. The number of piperidine rings is 2. The van der Waals surface area contributed by atoms with E-state index in [4.69, 9.17) is 0 Å². The predicted molar refractivity (Wildman–Crippen MR) is 87.1 cm³/mol. The van der Waals surface area contributed by atoms with Crippen molar-refractivity contribution in [3.8, 4) is 0 Å². The van der Waals surface area contributed by atoms with Gasteiger partial charge in [-0.1, -0.05) is 0 Å². The molecule has 7 heteroatoms. The average Bonchev–Trinajstić information content (AvgIpc) is 3.42. The van der Waals surface area contributed by atoms with Crippen molar-refractivity contribution in [2.75, 3.05) is 24.5 Å². The van der Waals surface area contributed by atoms with Gasteiger partial charge in [0, 0.05) is 38.3 Å². The van der Waals surface area contributed by atoms with Gasteiger partial charge in [-0.2, -0.15) is 13.2 Å². The third kappa shape index (κ3) is 3.33. The number of hydrogen-bond donors (Lipinski definition) is 0. The van der Waals surface area contributed by atoms with Crippen molar-refractivity contribution in [3.05, 3.63) is 23.9 Å². The molecule has 1 aliphatic carbocycles. The lowest BCUT2D eigenvalue weighted by molar-refractivity contribution is -0.139. The summed E-state index contributed by atoms with van der Waals surface area (Å²) in [6.07, 6.45) is 2.43. The Labute approximate surface area is 145 Å². The Morgan fingerprint density at radius 2 is 1.88 bits per heavy atom. The normalized spacial score (nSPS) is 24.0. The molecule has 1 aromatic heterocycles. The van der Waals surface area contributed by atoms with Gasteiger partial charge in [0.25, 0.3) is 0 Å². The molecule has 136 valence electrons. The van der Waals surface area contributed by atoms with E-state index < -0.39 is 11.7 Å². The van der Waals surface area contributed by atoms with Gasteiger partial charge in [-0.25, -0.2) is 4.98 Å². The van der Waals surface area contributed by atoms with Crippen LogP contribution >= 0.6 is 0 Å². The van der Waals surface area contributed by atoms with Gasteiger partial charge < -0.3 is 9.80 Å². The molecule has 2 saturated heterocycles. The maximum absolute atomic E-state index is 12.9. The van der Waals surface area contributed by atoms with Crippen molar-refractivity contribution >= 4 is 11.7 Å². The molecule has 3 fully saturated rings. The van der Waals surface area contributed by atoms with Crippen molar-refractivity contribution in [1.82, 2.24) is 9.88 Å². The summed E-state index contributed by atoms with van der Waals surface area (Å²) in [6.45, 7) is 2.21. The molecule has 0 radical (unpaired) electrons. The number of carbonyl (C=O) groups is 1. The van der Waals surface area contributed by atoms with Crippen LogP contribution in [-0.2, 0) is 11.0 Å². The summed E-state index contributed by atoms with van der Waals surface area (Å²) in [6, 6.07) is 2.58. The first-order valence-electron chi connectivity index (χ1n) is 8.94. The number of likely N-dealkylation sites (tertiary alicyclic amines) is 1. The highest BCUT2D eigenvalue weighted by atomic mass is 19.4. The van der Waals surface area contributed by atoms with Crippen LogP contribution in [0, 0.1) is 5.41 Å². The Bertz CT molecular complexity index is 664. The van der Waals surface area contributed by atoms with Crippen molar-refractivity contribution in [3.63, 3.8) is 0 Å². The van der Waals surface area contributed by atoms with Crippen LogP contribution in [0.1, 0.15) is 44.1 Å². The Kier molecular flexibility index (Phi) is 3.92. The number of rotatable bonds is 2. The quantitative estimate of drug-likeness (QED) is 0.817. The highest BCUT2D eigenvalue weighted by molar-refractivity contribution is 5.78. The molecule has 4 rings (SSSR count). The van der Waals surface area contributed by atoms with E-state index in [1.54, 1.807) is 0 Å². The lowest BCUT2D eigenvalue weighted by Crippen LogP contribution is -2.52. The van der Waals surface area contributed by atoms with Crippen molar-refractivity contribution < 1.29 is 18.0 Å². The second-order valence-corrected chi connectivity index (χ2v) is 7.64. The van der Waals surface area contributed by atoms with Crippen molar-refractivity contribution in [2.45, 2.75) is 50.7 Å². The summed E-state index contributed by atoms with van der Waals surface area (Å²) in [4.78, 5) is 20.3. The number of alkyl halides is 3. The van der Waals surface area contributed by atoms with Crippen LogP contribution in [0.25, 0.3) is 0 Å². The molecular formula is C18H22F3N3O. The maximum Gasteiger partial charge on any atom is 0.416 e. The average molecular weight is 353 g/mol. The van der Waals surface area contributed by atoms with Crippen molar-refractivity contribution in [2.24, 2.45) is 5.41 Å². The molecule has 0 bridgehead atoms. The van der Waals surface area contributed by atoms with Gasteiger partial charge in [0.05, 0.1) is 5.56 Å². The van der Waals surface area contributed by atoms with E-state index in [0.717, 1.165) is 50.8 Å². The zero-order valence-corrected chi connectivity index (χ0v) is 14.1. The van der Waals surface area contributed by atoms with Gasteiger partial charge in [0.15, 0.2) is 0 Å². The minimum Gasteiger partial charge on any atom is -0.357 e. The molecule has 1 amide bonds. The first kappa shape index (κ1) is 16.7. The molecule has 3 aliphatic rings. The van der Waals surface area contributed by atoms with Gasteiger partial charge in [0.1, 0.15) is 5.82 Å². The molecule has 0 aromatic carbocycles. The monoisotopic (exact) mass is 353 g/mol. The number of carbonyl (C=O) groups excluding carboxylic acids is 1. The summed E-state index contributed by atoms with van der Waals surface area (Å²) >= 11 is 0.